The van der Waals surface area contributed by atoms with Crippen molar-refractivity contribution in [3.8, 4) is 5.75 Å². The molecular formula is C21H19F2N3O. The molecule has 0 unspecified atom stereocenters. The summed E-state index contributed by atoms with van der Waals surface area (Å²) in [5.74, 6) is -1.33. The van der Waals surface area contributed by atoms with E-state index >= 15 is 0 Å². The molecule has 1 N–H and O–H groups in total. The number of nitrogens with one attached hydrogen (secondary N) is 1. The molecule has 27 heavy (non-hydrogen) atoms. The lowest BCUT2D eigenvalue weighted by Gasteiger charge is -2.11. The van der Waals surface area contributed by atoms with E-state index in [4.69, 9.17) is 4.74 Å². The number of nitrogens with zero attached hydrogens (tertiary/aromatic N) is 2. The Morgan fingerprint density at radius 2 is 2.19 bits per heavy atom. The van der Waals surface area contributed by atoms with Crippen molar-refractivity contribution in [3.05, 3.63) is 83.7 Å². The molecule has 6 heteroatoms. The van der Waals surface area contributed by atoms with Crippen LogP contribution in [0.15, 0.2) is 66.0 Å². The molecule has 0 atom stereocenters. The number of rotatable bonds is 7. The molecule has 1 aromatic carbocycles. The van der Waals surface area contributed by atoms with Gasteiger partial charge in [0.1, 0.15) is 18.1 Å². The summed E-state index contributed by atoms with van der Waals surface area (Å²) in [5.41, 5.74) is 2.13. The third-order valence-electron chi connectivity index (χ3n) is 4.15. The maximum absolute atomic E-state index is 14.9. The first-order chi connectivity index (χ1) is 13.1. The van der Waals surface area contributed by atoms with Crippen LogP contribution in [0.1, 0.15) is 11.1 Å². The fourth-order valence-electron chi connectivity index (χ4n) is 2.71. The number of aromatic nitrogens is 2. The minimum Gasteiger partial charge on any atom is -0.486 e. The van der Waals surface area contributed by atoms with Gasteiger partial charge in [0.2, 0.25) is 0 Å². The molecule has 0 radical (unpaired) electrons. The van der Waals surface area contributed by atoms with Crippen LogP contribution in [0.25, 0.3) is 11.0 Å². The zero-order valence-electron chi connectivity index (χ0n) is 14.9. The zero-order valence-corrected chi connectivity index (χ0v) is 14.9. The molecule has 0 aliphatic carbocycles. The second-order valence-corrected chi connectivity index (χ2v) is 5.87. The molecule has 0 aliphatic rings. The number of aromatic amines is 1. The van der Waals surface area contributed by atoms with E-state index in [2.05, 4.69) is 21.5 Å². The molecule has 0 spiro atoms. The summed E-state index contributed by atoms with van der Waals surface area (Å²) < 4.78 is 34.7. The quantitative estimate of drug-likeness (QED) is 0.489. The highest BCUT2D eigenvalue weighted by molar-refractivity contribution is 5.79. The fourth-order valence-corrected chi connectivity index (χ4v) is 2.71. The predicted octanol–water partition coefficient (Wildman–Crippen LogP) is 4.62. The maximum Gasteiger partial charge on any atom is 0.171 e. The van der Waals surface area contributed by atoms with Crippen LogP contribution in [-0.4, -0.2) is 29.8 Å². The van der Waals surface area contributed by atoms with E-state index in [1.807, 2.05) is 6.07 Å². The van der Waals surface area contributed by atoms with Gasteiger partial charge in [-0.1, -0.05) is 12.7 Å². The molecule has 2 heterocycles. The Morgan fingerprint density at radius 3 is 2.96 bits per heavy atom. The Morgan fingerprint density at radius 1 is 1.33 bits per heavy atom. The summed E-state index contributed by atoms with van der Waals surface area (Å²) in [5, 5.41) is 0.832. The van der Waals surface area contributed by atoms with Crippen LogP contribution in [-0.2, 0) is 6.42 Å². The minimum atomic E-state index is -0.708. The summed E-state index contributed by atoms with van der Waals surface area (Å²) in [4.78, 5) is 11.1. The molecule has 2 aromatic heterocycles. The normalized spacial score (nSPS) is 12.0. The second-order valence-electron chi connectivity index (χ2n) is 5.87. The van der Waals surface area contributed by atoms with E-state index in [1.165, 1.54) is 12.1 Å². The molecule has 0 saturated heterocycles. The van der Waals surface area contributed by atoms with E-state index in [1.54, 1.807) is 43.9 Å². The van der Waals surface area contributed by atoms with Gasteiger partial charge in [0, 0.05) is 43.0 Å². The van der Waals surface area contributed by atoms with E-state index in [9.17, 15) is 8.78 Å². The van der Waals surface area contributed by atoms with E-state index in [0.29, 0.717) is 5.65 Å². The van der Waals surface area contributed by atoms with Gasteiger partial charge in [0.15, 0.2) is 11.6 Å². The van der Waals surface area contributed by atoms with Crippen LogP contribution in [0.4, 0.5) is 8.78 Å². The standard InChI is InChI=1S/C21H19F2N3O/c1-3-14(8-10-24-2)13-27-19-7-6-18(22)17(20(19)23)11-15-12-26-21-16(15)5-4-9-25-21/h3-10,12H,1,11,13H2,2H3,(H,25,26)/b14-8+,24-10?. The van der Waals surface area contributed by atoms with E-state index in [0.717, 1.165) is 16.5 Å². The third kappa shape index (κ3) is 4.11. The monoisotopic (exact) mass is 367 g/mol. The van der Waals surface area contributed by atoms with Gasteiger partial charge in [-0.25, -0.2) is 13.8 Å². The largest absolute Gasteiger partial charge is 0.486 e. The summed E-state index contributed by atoms with van der Waals surface area (Å²) in [6.07, 6.45) is 8.38. The molecule has 3 aromatic rings. The molecule has 138 valence electrons. The van der Waals surface area contributed by atoms with Crippen molar-refractivity contribution in [1.29, 1.82) is 0 Å². The van der Waals surface area contributed by atoms with Crippen molar-refractivity contribution < 1.29 is 13.5 Å². The lowest BCUT2D eigenvalue weighted by molar-refractivity contribution is 0.332. The van der Waals surface area contributed by atoms with Crippen molar-refractivity contribution in [2.24, 2.45) is 4.99 Å². The lowest BCUT2D eigenvalue weighted by Crippen LogP contribution is -2.05. The second kappa shape index (κ2) is 8.40. The molecule has 0 aliphatic heterocycles. The first-order valence-electron chi connectivity index (χ1n) is 8.38. The van der Waals surface area contributed by atoms with Crippen LogP contribution in [0.5, 0.6) is 5.75 Å². The molecule has 0 bridgehead atoms. The molecule has 3 rings (SSSR count). The van der Waals surface area contributed by atoms with Gasteiger partial charge >= 0.3 is 0 Å². The lowest BCUT2D eigenvalue weighted by atomic mass is 10.0. The van der Waals surface area contributed by atoms with Gasteiger partial charge in [-0.05, 0) is 41.5 Å². The smallest absolute Gasteiger partial charge is 0.171 e. The molecule has 0 amide bonds. The number of fused-ring (bicyclic) bond motifs is 1. The number of pyridine rings is 1. The summed E-state index contributed by atoms with van der Waals surface area (Å²) in [6.45, 7) is 3.79. The number of hydrogen-bond donors (Lipinski definition) is 1. The van der Waals surface area contributed by atoms with Crippen LogP contribution >= 0.6 is 0 Å². The van der Waals surface area contributed by atoms with Crippen LogP contribution in [0.3, 0.4) is 0 Å². The average molecular weight is 367 g/mol. The minimum absolute atomic E-state index is 0.00875. The number of benzene rings is 1. The highest BCUT2D eigenvalue weighted by atomic mass is 19.1. The topological polar surface area (TPSA) is 50.3 Å². The van der Waals surface area contributed by atoms with Gasteiger partial charge in [0.25, 0.3) is 0 Å². The SMILES string of the molecule is C=C/C(=C\C=NC)COc1ccc(F)c(Cc2c[nH]c3ncccc23)c1F. The highest BCUT2D eigenvalue weighted by Crippen LogP contribution is 2.28. The van der Waals surface area contributed by atoms with E-state index < -0.39 is 11.6 Å². The number of H-pyrrole nitrogens is 1. The number of ether oxygens (including phenoxy) is 1. The summed E-state index contributed by atoms with van der Waals surface area (Å²) in [7, 11) is 1.64. The molecular weight excluding hydrogens is 348 g/mol. The summed E-state index contributed by atoms with van der Waals surface area (Å²) in [6, 6.07) is 6.15. The van der Waals surface area contributed by atoms with Crippen molar-refractivity contribution in [2.75, 3.05) is 13.7 Å². The first-order valence-corrected chi connectivity index (χ1v) is 8.38. The summed E-state index contributed by atoms with van der Waals surface area (Å²) >= 11 is 0. The van der Waals surface area contributed by atoms with E-state index in [-0.39, 0.29) is 24.3 Å². The van der Waals surface area contributed by atoms with Crippen molar-refractivity contribution >= 4 is 17.2 Å². The Kier molecular flexibility index (Phi) is 5.76. The van der Waals surface area contributed by atoms with Crippen molar-refractivity contribution in [1.82, 2.24) is 9.97 Å². The van der Waals surface area contributed by atoms with Gasteiger partial charge < -0.3 is 9.72 Å². The molecule has 0 saturated carbocycles. The predicted molar refractivity (Wildman–Crippen MR) is 103 cm³/mol. The van der Waals surface area contributed by atoms with Gasteiger partial charge in [-0.15, -0.1) is 0 Å². The zero-order chi connectivity index (χ0) is 19.2. The van der Waals surface area contributed by atoms with Crippen LogP contribution in [0, 0.1) is 11.6 Å². The van der Waals surface area contributed by atoms with Crippen LogP contribution in [0.2, 0.25) is 0 Å². The van der Waals surface area contributed by atoms with Gasteiger partial charge in [-0.2, -0.15) is 0 Å². The number of aliphatic imine (C=N–C) groups is 1. The Balaban J connectivity index is 1.86. The van der Waals surface area contributed by atoms with Crippen molar-refractivity contribution in [2.45, 2.75) is 6.42 Å². The van der Waals surface area contributed by atoms with Gasteiger partial charge in [0.05, 0.1) is 0 Å². The van der Waals surface area contributed by atoms with Crippen LogP contribution < -0.4 is 4.74 Å². The highest BCUT2D eigenvalue weighted by Gasteiger charge is 2.17. The average Bonchev–Trinajstić information content (AvgIpc) is 3.09. The van der Waals surface area contributed by atoms with Crippen molar-refractivity contribution in [3.63, 3.8) is 0 Å². The Hall–Kier alpha value is -3.28. The third-order valence-corrected chi connectivity index (χ3v) is 4.15. The number of allylic oxidation sites excluding steroid dienone is 1. The Bertz CT molecular complexity index is 1020. The number of halogens is 2. The maximum atomic E-state index is 14.9. The fraction of sp³-hybridized carbons (Fsp3) is 0.143. The molecule has 0 fully saturated rings. The Labute approximate surface area is 155 Å². The van der Waals surface area contributed by atoms with Gasteiger partial charge in [-0.3, -0.25) is 4.99 Å². The molecule has 4 nitrogen and oxygen atoms in total. The first kappa shape index (κ1) is 18.5. The number of hydrogen-bond acceptors (Lipinski definition) is 3.